The second kappa shape index (κ2) is 5.86. The third kappa shape index (κ3) is 3.48. The van der Waals surface area contributed by atoms with Crippen LogP contribution in [0.1, 0.15) is 37.6 Å². The number of benzene rings is 1. The van der Waals surface area contributed by atoms with Gasteiger partial charge in [-0.25, -0.2) is 4.98 Å². The van der Waals surface area contributed by atoms with Crippen LogP contribution in [0.5, 0.6) is 0 Å². The van der Waals surface area contributed by atoms with Crippen LogP contribution < -0.4 is 0 Å². The van der Waals surface area contributed by atoms with E-state index in [1.54, 1.807) is 6.07 Å². The van der Waals surface area contributed by atoms with Gasteiger partial charge in [0.15, 0.2) is 5.58 Å². The first kappa shape index (κ1) is 15.8. The van der Waals surface area contributed by atoms with Gasteiger partial charge in [0.05, 0.1) is 6.42 Å². The van der Waals surface area contributed by atoms with E-state index in [9.17, 15) is 18.0 Å². The Bertz CT molecular complexity index is 720. The summed E-state index contributed by atoms with van der Waals surface area (Å²) >= 11 is 0. The highest BCUT2D eigenvalue weighted by molar-refractivity contribution is 5.81. The molecule has 0 radical (unpaired) electrons. The maximum atomic E-state index is 12.6. The zero-order chi connectivity index (χ0) is 16.6. The van der Waals surface area contributed by atoms with Crippen molar-refractivity contribution in [3.8, 4) is 0 Å². The van der Waals surface area contributed by atoms with Gasteiger partial charge in [-0.05, 0) is 37.0 Å². The fraction of sp³-hybridized carbons (Fsp3) is 0.500. The Balaban J connectivity index is 1.78. The number of hydrogen-bond donors (Lipinski definition) is 0. The van der Waals surface area contributed by atoms with E-state index in [0.29, 0.717) is 18.2 Å². The fourth-order valence-electron chi connectivity index (χ4n) is 2.61. The maximum absolute atomic E-state index is 12.6. The Labute approximate surface area is 131 Å². The number of carbonyl (C=O) groups is 1. The molecule has 0 atom stereocenters. The molecule has 0 saturated heterocycles. The van der Waals surface area contributed by atoms with Crippen LogP contribution in [-0.2, 0) is 17.4 Å². The maximum Gasteiger partial charge on any atom is 0.468 e. The van der Waals surface area contributed by atoms with Crippen molar-refractivity contribution in [2.75, 3.05) is 6.54 Å². The second-order valence-corrected chi connectivity index (χ2v) is 5.81. The Hall–Kier alpha value is -2.05. The Morgan fingerprint density at radius 2 is 2.13 bits per heavy atom. The van der Waals surface area contributed by atoms with Crippen LogP contribution in [0.3, 0.4) is 0 Å². The van der Waals surface area contributed by atoms with Crippen LogP contribution in [-0.4, -0.2) is 28.4 Å². The molecule has 4 nitrogen and oxygen atoms in total. The third-order valence-corrected chi connectivity index (χ3v) is 3.82. The smallest absolute Gasteiger partial charge is 0.433 e. The number of nitrogens with zero attached hydrogens (tertiary/aromatic N) is 2. The van der Waals surface area contributed by atoms with E-state index in [2.05, 4.69) is 4.98 Å². The van der Waals surface area contributed by atoms with Gasteiger partial charge in [0.1, 0.15) is 5.52 Å². The van der Waals surface area contributed by atoms with Gasteiger partial charge in [-0.1, -0.05) is 13.0 Å². The Morgan fingerprint density at radius 1 is 1.39 bits per heavy atom. The summed E-state index contributed by atoms with van der Waals surface area (Å²) in [6.45, 7) is 2.73. The summed E-state index contributed by atoms with van der Waals surface area (Å²) in [5.41, 5.74) is 0.825. The molecule has 0 unspecified atom stereocenters. The number of oxazole rings is 1. The largest absolute Gasteiger partial charge is 0.468 e. The number of aromatic nitrogens is 1. The van der Waals surface area contributed by atoms with Gasteiger partial charge < -0.3 is 9.32 Å². The highest BCUT2D eigenvalue weighted by Gasteiger charge is 2.37. The molecule has 7 heteroatoms. The van der Waals surface area contributed by atoms with Crippen LogP contribution in [0, 0.1) is 0 Å². The van der Waals surface area contributed by atoms with Crippen molar-refractivity contribution in [1.82, 2.24) is 9.88 Å². The van der Waals surface area contributed by atoms with E-state index in [1.807, 2.05) is 11.8 Å². The molecular weight excluding hydrogens is 309 g/mol. The molecule has 0 N–H and O–H groups in total. The first-order valence-electron chi connectivity index (χ1n) is 7.64. The molecule has 3 rings (SSSR count). The average Bonchev–Trinajstić information content (AvgIpc) is 3.21. The summed E-state index contributed by atoms with van der Waals surface area (Å²) in [7, 11) is 0. The number of fused-ring (bicyclic) bond motifs is 1. The minimum Gasteiger partial charge on any atom is -0.433 e. The third-order valence-electron chi connectivity index (χ3n) is 3.82. The summed E-state index contributed by atoms with van der Waals surface area (Å²) in [5, 5.41) is 0. The molecule has 1 aliphatic rings. The van der Waals surface area contributed by atoms with Gasteiger partial charge in [0.2, 0.25) is 5.91 Å². The van der Waals surface area contributed by atoms with Crippen LogP contribution in [0.4, 0.5) is 13.2 Å². The molecular formula is C16H17F3N2O2. The van der Waals surface area contributed by atoms with Gasteiger partial charge >= 0.3 is 12.1 Å². The molecule has 23 heavy (non-hydrogen) atoms. The summed E-state index contributed by atoms with van der Waals surface area (Å²) in [4.78, 5) is 17.7. The second-order valence-electron chi connectivity index (χ2n) is 5.81. The van der Waals surface area contributed by atoms with Crippen LogP contribution in [0.25, 0.3) is 11.1 Å². The monoisotopic (exact) mass is 326 g/mol. The normalized spacial score (nSPS) is 15.1. The fourth-order valence-corrected chi connectivity index (χ4v) is 2.61. The minimum atomic E-state index is -4.61. The minimum absolute atomic E-state index is 0.00394. The van der Waals surface area contributed by atoms with Crippen molar-refractivity contribution >= 4 is 17.0 Å². The summed E-state index contributed by atoms with van der Waals surface area (Å²) in [5.74, 6) is -1.26. The van der Waals surface area contributed by atoms with Crippen LogP contribution >= 0.6 is 0 Å². The Morgan fingerprint density at radius 3 is 2.74 bits per heavy atom. The number of hydrogen-bond acceptors (Lipinski definition) is 3. The SMILES string of the molecule is CCCN(C(=O)Cc1ccc2nc(C(F)(F)F)oc2c1)C1CC1. The standard InChI is InChI=1S/C16H17F3N2O2/c1-2-7-21(11-4-5-11)14(22)9-10-3-6-12-13(8-10)23-15(20-12)16(17,18)19/h3,6,8,11H,2,4-5,7,9H2,1H3. The summed E-state index contributed by atoms with van der Waals surface area (Å²) in [6.07, 6.45) is -1.50. The van der Waals surface area contributed by atoms with Crippen molar-refractivity contribution < 1.29 is 22.4 Å². The van der Waals surface area contributed by atoms with Crippen molar-refractivity contribution in [3.63, 3.8) is 0 Å². The first-order valence-corrected chi connectivity index (χ1v) is 7.64. The lowest BCUT2D eigenvalue weighted by Gasteiger charge is -2.21. The molecule has 1 aliphatic carbocycles. The van der Waals surface area contributed by atoms with E-state index in [1.165, 1.54) is 12.1 Å². The number of carbonyl (C=O) groups excluding carboxylic acids is 1. The number of amides is 1. The van der Waals surface area contributed by atoms with Crippen LogP contribution in [0.15, 0.2) is 22.6 Å². The molecule has 0 aliphatic heterocycles. The molecule has 2 aromatic rings. The molecule has 0 bridgehead atoms. The topological polar surface area (TPSA) is 46.3 Å². The van der Waals surface area contributed by atoms with E-state index >= 15 is 0 Å². The van der Waals surface area contributed by atoms with E-state index in [0.717, 1.165) is 19.3 Å². The molecule has 1 aromatic carbocycles. The van der Waals surface area contributed by atoms with Gasteiger partial charge in [-0.3, -0.25) is 4.79 Å². The molecule has 1 aromatic heterocycles. The number of alkyl halides is 3. The molecule has 124 valence electrons. The van der Waals surface area contributed by atoms with Crippen molar-refractivity contribution in [2.45, 2.75) is 44.8 Å². The molecule has 1 saturated carbocycles. The molecule has 1 fully saturated rings. The molecule has 0 spiro atoms. The lowest BCUT2D eigenvalue weighted by Crippen LogP contribution is -2.34. The first-order chi connectivity index (χ1) is 10.9. The summed E-state index contributed by atoms with van der Waals surface area (Å²) < 4.78 is 42.6. The Kier molecular flexibility index (Phi) is 4.04. The predicted octanol–water partition coefficient (Wildman–Crippen LogP) is 3.79. The van der Waals surface area contributed by atoms with Crippen LogP contribution in [0.2, 0.25) is 0 Å². The molecule has 1 amide bonds. The highest BCUT2D eigenvalue weighted by atomic mass is 19.4. The highest BCUT2D eigenvalue weighted by Crippen LogP contribution is 2.32. The van der Waals surface area contributed by atoms with E-state index in [-0.39, 0.29) is 23.4 Å². The van der Waals surface area contributed by atoms with E-state index < -0.39 is 12.1 Å². The number of rotatable bonds is 5. The quantitative estimate of drug-likeness (QED) is 0.840. The van der Waals surface area contributed by atoms with Gasteiger partial charge in [-0.2, -0.15) is 13.2 Å². The average molecular weight is 326 g/mol. The number of halogens is 3. The van der Waals surface area contributed by atoms with Crippen molar-refractivity contribution in [1.29, 1.82) is 0 Å². The van der Waals surface area contributed by atoms with Crippen molar-refractivity contribution in [3.05, 3.63) is 29.7 Å². The van der Waals surface area contributed by atoms with Gasteiger partial charge in [0, 0.05) is 12.6 Å². The lowest BCUT2D eigenvalue weighted by molar-refractivity contribution is -0.156. The lowest BCUT2D eigenvalue weighted by atomic mass is 10.1. The van der Waals surface area contributed by atoms with Gasteiger partial charge in [-0.15, -0.1) is 0 Å². The van der Waals surface area contributed by atoms with Crippen molar-refractivity contribution in [2.24, 2.45) is 0 Å². The zero-order valence-corrected chi connectivity index (χ0v) is 12.7. The predicted molar refractivity (Wildman–Crippen MR) is 77.7 cm³/mol. The summed E-state index contributed by atoms with van der Waals surface area (Å²) in [6, 6.07) is 4.87. The van der Waals surface area contributed by atoms with Gasteiger partial charge in [0.25, 0.3) is 0 Å². The van der Waals surface area contributed by atoms with E-state index in [4.69, 9.17) is 4.42 Å². The molecule has 1 heterocycles. The zero-order valence-electron chi connectivity index (χ0n) is 12.7.